The average molecular weight is 329 g/mol. The van der Waals surface area contributed by atoms with Gasteiger partial charge in [0.2, 0.25) is 11.8 Å². The third-order valence-corrected chi connectivity index (χ3v) is 5.07. The molecule has 1 aromatic rings. The van der Waals surface area contributed by atoms with Crippen molar-refractivity contribution in [3.63, 3.8) is 0 Å². The molecule has 2 atom stereocenters. The van der Waals surface area contributed by atoms with Crippen molar-refractivity contribution in [3.05, 3.63) is 35.9 Å². The van der Waals surface area contributed by atoms with Gasteiger partial charge in [-0.25, -0.2) is 0 Å². The lowest BCUT2D eigenvalue weighted by molar-refractivity contribution is -0.135. The second kappa shape index (κ2) is 7.79. The first-order valence-corrected chi connectivity index (χ1v) is 8.97. The van der Waals surface area contributed by atoms with E-state index in [1.54, 1.807) is 0 Å². The number of likely N-dealkylation sites (tertiary alicyclic amines) is 1. The molecule has 0 unspecified atom stereocenters. The maximum Gasteiger partial charge on any atom is 0.236 e. The molecule has 0 radical (unpaired) electrons. The van der Waals surface area contributed by atoms with E-state index in [-0.39, 0.29) is 17.9 Å². The number of hydrogen-bond donors (Lipinski definition) is 1. The first kappa shape index (κ1) is 17.0. The van der Waals surface area contributed by atoms with E-state index in [0.29, 0.717) is 32.0 Å². The second-order valence-electron chi connectivity index (χ2n) is 7.04. The van der Waals surface area contributed by atoms with Gasteiger partial charge >= 0.3 is 0 Å². The lowest BCUT2D eigenvalue weighted by atomic mass is 9.99. The van der Waals surface area contributed by atoms with Crippen molar-refractivity contribution < 1.29 is 9.59 Å². The number of nitrogens with zero attached hydrogens (tertiary/aromatic N) is 2. The fraction of sp³-hybridized carbons (Fsp3) is 0.579. The number of carbonyl (C=O) groups excluding carboxylic acids is 2. The maximum absolute atomic E-state index is 12.8. The molecule has 0 bridgehead atoms. The quantitative estimate of drug-likeness (QED) is 0.920. The molecule has 2 saturated heterocycles. The highest BCUT2D eigenvalue weighted by atomic mass is 16.2. The number of nitrogens with one attached hydrogen (secondary N) is 1. The largest absolute Gasteiger partial charge is 0.355 e. The zero-order valence-corrected chi connectivity index (χ0v) is 14.4. The van der Waals surface area contributed by atoms with E-state index in [0.717, 1.165) is 25.1 Å². The SMILES string of the molecule is C[C@@H]1CCCN(C(=O)CN2CCNC(=O)C[C@@H]2c2ccccc2)C1. The molecule has 0 aliphatic carbocycles. The first-order valence-electron chi connectivity index (χ1n) is 8.97. The van der Waals surface area contributed by atoms with E-state index in [1.165, 1.54) is 6.42 Å². The van der Waals surface area contributed by atoms with Gasteiger partial charge in [-0.15, -0.1) is 0 Å². The molecule has 2 aliphatic rings. The highest BCUT2D eigenvalue weighted by Gasteiger charge is 2.29. The Labute approximate surface area is 144 Å². The van der Waals surface area contributed by atoms with Crippen LogP contribution in [0.2, 0.25) is 0 Å². The van der Waals surface area contributed by atoms with Crippen LogP contribution in [0.1, 0.15) is 37.8 Å². The fourth-order valence-corrected chi connectivity index (χ4v) is 3.75. The molecule has 0 saturated carbocycles. The van der Waals surface area contributed by atoms with E-state index < -0.39 is 0 Å². The lowest BCUT2D eigenvalue weighted by Crippen LogP contribution is -2.46. The van der Waals surface area contributed by atoms with Crippen molar-refractivity contribution in [3.8, 4) is 0 Å². The molecule has 3 rings (SSSR count). The molecular formula is C19H27N3O2. The summed E-state index contributed by atoms with van der Waals surface area (Å²) in [5.41, 5.74) is 1.11. The van der Waals surface area contributed by atoms with Crippen molar-refractivity contribution in [2.75, 3.05) is 32.7 Å². The predicted octanol–water partition coefficient (Wildman–Crippen LogP) is 1.81. The van der Waals surface area contributed by atoms with Crippen LogP contribution in [0, 0.1) is 5.92 Å². The zero-order valence-electron chi connectivity index (χ0n) is 14.4. The Morgan fingerprint density at radius 2 is 2.04 bits per heavy atom. The van der Waals surface area contributed by atoms with Crippen LogP contribution in [0.4, 0.5) is 0 Å². The predicted molar refractivity (Wildman–Crippen MR) is 93.4 cm³/mol. The Morgan fingerprint density at radius 1 is 1.25 bits per heavy atom. The number of piperidine rings is 1. The number of hydrogen-bond acceptors (Lipinski definition) is 3. The molecule has 130 valence electrons. The molecule has 0 spiro atoms. The zero-order chi connectivity index (χ0) is 16.9. The summed E-state index contributed by atoms with van der Waals surface area (Å²) < 4.78 is 0. The lowest BCUT2D eigenvalue weighted by Gasteiger charge is -2.34. The van der Waals surface area contributed by atoms with Crippen LogP contribution in [-0.2, 0) is 9.59 Å². The van der Waals surface area contributed by atoms with Gasteiger partial charge in [0, 0.05) is 38.6 Å². The summed E-state index contributed by atoms with van der Waals surface area (Å²) in [6.07, 6.45) is 2.71. The van der Waals surface area contributed by atoms with Crippen molar-refractivity contribution in [1.29, 1.82) is 0 Å². The minimum Gasteiger partial charge on any atom is -0.355 e. The van der Waals surface area contributed by atoms with Crippen LogP contribution < -0.4 is 5.32 Å². The molecular weight excluding hydrogens is 302 g/mol. The second-order valence-corrected chi connectivity index (χ2v) is 7.04. The molecule has 2 aliphatic heterocycles. The third-order valence-electron chi connectivity index (χ3n) is 5.07. The molecule has 1 aromatic carbocycles. The molecule has 2 heterocycles. The van der Waals surface area contributed by atoms with Gasteiger partial charge in [-0.2, -0.15) is 0 Å². The first-order chi connectivity index (χ1) is 11.6. The van der Waals surface area contributed by atoms with Crippen molar-refractivity contribution in [2.24, 2.45) is 5.92 Å². The topological polar surface area (TPSA) is 52.7 Å². The van der Waals surface area contributed by atoms with E-state index in [9.17, 15) is 9.59 Å². The normalized spacial score (nSPS) is 25.9. The van der Waals surface area contributed by atoms with E-state index in [1.807, 2.05) is 35.2 Å². The van der Waals surface area contributed by atoms with Crippen LogP contribution in [0.15, 0.2) is 30.3 Å². The van der Waals surface area contributed by atoms with Gasteiger partial charge in [0.25, 0.3) is 0 Å². The smallest absolute Gasteiger partial charge is 0.236 e. The number of benzene rings is 1. The van der Waals surface area contributed by atoms with Gasteiger partial charge < -0.3 is 10.2 Å². The monoisotopic (exact) mass is 329 g/mol. The van der Waals surface area contributed by atoms with Crippen molar-refractivity contribution in [1.82, 2.24) is 15.1 Å². The molecule has 2 fully saturated rings. The van der Waals surface area contributed by atoms with Gasteiger partial charge in [-0.05, 0) is 24.3 Å². The number of rotatable bonds is 3. The van der Waals surface area contributed by atoms with E-state index >= 15 is 0 Å². The van der Waals surface area contributed by atoms with Gasteiger partial charge in [-0.3, -0.25) is 14.5 Å². The van der Waals surface area contributed by atoms with Crippen LogP contribution in [0.3, 0.4) is 0 Å². The summed E-state index contributed by atoms with van der Waals surface area (Å²) >= 11 is 0. The van der Waals surface area contributed by atoms with Crippen molar-refractivity contribution >= 4 is 11.8 Å². The minimum absolute atomic E-state index is 0.0279. The molecule has 1 N–H and O–H groups in total. The average Bonchev–Trinajstić information content (AvgIpc) is 2.77. The molecule has 24 heavy (non-hydrogen) atoms. The molecule has 2 amide bonds. The summed E-state index contributed by atoms with van der Waals surface area (Å²) in [5.74, 6) is 0.835. The number of amides is 2. The van der Waals surface area contributed by atoms with Gasteiger partial charge in [0.05, 0.1) is 6.54 Å². The van der Waals surface area contributed by atoms with Crippen LogP contribution in [-0.4, -0.2) is 54.3 Å². The van der Waals surface area contributed by atoms with E-state index in [4.69, 9.17) is 0 Å². The molecule has 0 aromatic heterocycles. The highest BCUT2D eigenvalue weighted by molar-refractivity contribution is 5.79. The van der Waals surface area contributed by atoms with Crippen LogP contribution >= 0.6 is 0 Å². The Kier molecular flexibility index (Phi) is 5.51. The van der Waals surface area contributed by atoms with E-state index in [2.05, 4.69) is 17.1 Å². The molecule has 5 nitrogen and oxygen atoms in total. The Bertz CT molecular complexity index is 575. The summed E-state index contributed by atoms with van der Waals surface area (Å²) in [6, 6.07) is 10.0. The standard InChI is InChI=1S/C19H27N3O2/c1-15-6-5-10-22(13-15)19(24)14-21-11-9-20-18(23)12-17(21)16-7-3-2-4-8-16/h2-4,7-8,15,17H,5-6,9-14H2,1H3,(H,20,23)/t15-,17-/m1/s1. The highest BCUT2D eigenvalue weighted by Crippen LogP contribution is 2.26. The maximum atomic E-state index is 12.8. The fourth-order valence-electron chi connectivity index (χ4n) is 3.75. The minimum atomic E-state index is -0.0279. The Morgan fingerprint density at radius 3 is 2.79 bits per heavy atom. The summed E-state index contributed by atoms with van der Waals surface area (Å²) in [6.45, 7) is 5.64. The van der Waals surface area contributed by atoms with Crippen LogP contribution in [0.5, 0.6) is 0 Å². The molecule has 5 heteroatoms. The van der Waals surface area contributed by atoms with Gasteiger partial charge in [0.15, 0.2) is 0 Å². The Balaban J connectivity index is 1.73. The van der Waals surface area contributed by atoms with Gasteiger partial charge in [0.1, 0.15) is 0 Å². The third kappa shape index (κ3) is 4.15. The summed E-state index contributed by atoms with van der Waals surface area (Å²) in [5, 5.41) is 2.93. The Hall–Kier alpha value is -1.88. The number of carbonyl (C=O) groups is 2. The summed E-state index contributed by atoms with van der Waals surface area (Å²) in [4.78, 5) is 28.9. The van der Waals surface area contributed by atoms with Gasteiger partial charge in [-0.1, -0.05) is 37.3 Å². The summed E-state index contributed by atoms with van der Waals surface area (Å²) in [7, 11) is 0. The van der Waals surface area contributed by atoms with Crippen LogP contribution in [0.25, 0.3) is 0 Å². The van der Waals surface area contributed by atoms with Crippen molar-refractivity contribution in [2.45, 2.75) is 32.2 Å².